The standard InChI is InChI=1S/C21H30N8O/c1-16-4-6-17(7-5-16)23-21-25-18(24-20(22)26-21)14-27-10-12-28(13-11-27)15-19(30)29-8-2-3-9-29/h4-7H,2-3,8-15H2,1H3,(H3,22,23,24,25,26)/p+2. The second kappa shape index (κ2) is 9.36. The minimum absolute atomic E-state index is 0.231. The molecule has 2 aliphatic rings. The summed E-state index contributed by atoms with van der Waals surface area (Å²) in [5.74, 6) is 1.71. The SMILES string of the molecule is Cc1ccc(Nc2nc(N)nc(C[NH+]3CC[NH+](CC(=O)N4CCCC4)CC3)n2)cc1. The molecular formula is C21H32N8O+2. The van der Waals surface area contributed by atoms with Crippen molar-refractivity contribution in [2.45, 2.75) is 26.3 Å². The summed E-state index contributed by atoms with van der Waals surface area (Å²) in [4.78, 5) is 30.3. The molecule has 0 radical (unpaired) electrons. The molecule has 2 fully saturated rings. The molecule has 0 aliphatic carbocycles. The maximum absolute atomic E-state index is 12.4. The average Bonchev–Trinajstić information content (AvgIpc) is 3.26. The molecule has 4 rings (SSSR count). The molecule has 2 saturated heterocycles. The van der Waals surface area contributed by atoms with Crippen LogP contribution in [0.4, 0.5) is 17.6 Å². The van der Waals surface area contributed by atoms with Gasteiger partial charge in [-0.2, -0.15) is 15.0 Å². The van der Waals surface area contributed by atoms with Gasteiger partial charge in [0.25, 0.3) is 5.91 Å². The first-order valence-corrected chi connectivity index (χ1v) is 10.8. The van der Waals surface area contributed by atoms with Crippen LogP contribution in [0.5, 0.6) is 0 Å². The predicted octanol–water partition coefficient (Wildman–Crippen LogP) is -1.59. The Labute approximate surface area is 177 Å². The number of benzene rings is 1. The lowest BCUT2D eigenvalue weighted by Crippen LogP contribution is -3.28. The number of rotatable bonds is 6. The van der Waals surface area contributed by atoms with E-state index in [-0.39, 0.29) is 5.95 Å². The fourth-order valence-corrected chi connectivity index (χ4v) is 4.17. The second-order valence-electron chi connectivity index (χ2n) is 8.37. The summed E-state index contributed by atoms with van der Waals surface area (Å²) in [6.07, 6.45) is 2.30. The van der Waals surface area contributed by atoms with Crippen LogP contribution >= 0.6 is 0 Å². The molecule has 1 amide bonds. The van der Waals surface area contributed by atoms with Gasteiger partial charge in [0, 0.05) is 18.8 Å². The van der Waals surface area contributed by atoms with Gasteiger partial charge in [0.05, 0.1) is 0 Å². The van der Waals surface area contributed by atoms with Crippen molar-refractivity contribution in [3.05, 3.63) is 35.7 Å². The van der Waals surface area contributed by atoms with Crippen molar-refractivity contribution >= 4 is 23.5 Å². The van der Waals surface area contributed by atoms with Gasteiger partial charge in [-0.1, -0.05) is 17.7 Å². The van der Waals surface area contributed by atoms with E-state index in [1.54, 1.807) is 0 Å². The first-order chi connectivity index (χ1) is 14.5. The summed E-state index contributed by atoms with van der Waals surface area (Å²) in [7, 11) is 0. The summed E-state index contributed by atoms with van der Waals surface area (Å²) in [6.45, 7) is 9.22. The molecule has 1 aromatic heterocycles. The van der Waals surface area contributed by atoms with E-state index in [1.165, 1.54) is 15.4 Å². The molecule has 0 saturated carbocycles. The first-order valence-electron chi connectivity index (χ1n) is 10.8. The van der Waals surface area contributed by atoms with Crippen LogP contribution in [0.1, 0.15) is 24.2 Å². The van der Waals surface area contributed by atoms with Crippen molar-refractivity contribution in [3.63, 3.8) is 0 Å². The second-order valence-corrected chi connectivity index (χ2v) is 8.37. The Balaban J connectivity index is 1.29. The fourth-order valence-electron chi connectivity index (χ4n) is 4.17. The molecular weight excluding hydrogens is 380 g/mol. The molecule has 9 heteroatoms. The largest absolute Gasteiger partial charge is 0.368 e. The van der Waals surface area contributed by atoms with E-state index in [0.29, 0.717) is 30.8 Å². The Morgan fingerprint density at radius 2 is 1.70 bits per heavy atom. The van der Waals surface area contributed by atoms with Crippen molar-refractivity contribution in [1.29, 1.82) is 0 Å². The fraction of sp³-hybridized carbons (Fsp3) is 0.524. The van der Waals surface area contributed by atoms with Gasteiger partial charge in [0.15, 0.2) is 12.4 Å². The van der Waals surface area contributed by atoms with Gasteiger partial charge < -0.3 is 25.8 Å². The molecule has 3 heterocycles. The lowest BCUT2D eigenvalue weighted by molar-refractivity contribution is -1.02. The van der Waals surface area contributed by atoms with Gasteiger partial charge in [0.1, 0.15) is 32.7 Å². The van der Waals surface area contributed by atoms with Crippen LogP contribution in [-0.4, -0.2) is 71.6 Å². The van der Waals surface area contributed by atoms with Crippen molar-refractivity contribution in [3.8, 4) is 0 Å². The highest BCUT2D eigenvalue weighted by molar-refractivity contribution is 5.77. The topological polar surface area (TPSA) is 106 Å². The number of nitrogens with two attached hydrogens (primary N) is 1. The molecule has 0 bridgehead atoms. The number of aromatic nitrogens is 3. The molecule has 9 nitrogen and oxygen atoms in total. The Kier molecular flexibility index (Phi) is 6.39. The third kappa shape index (κ3) is 5.43. The number of anilines is 3. The number of hydrogen-bond donors (Lipinski definition) is 4. The van der Waals surface area contributed by atoms with Crippen LogP contribution in [0.15, 0.2) is 24.3 Å². The molecule has 160 valence electrons. The molecule has 1 aromatic carbocycles. The van der Waals surface area contributed by atoms with Gasteiger partial charge in [0.2, 0.25) is 11.9 Å². The summed E-state index contributed by atoms with van der Waals surface area (Å²) in [5.41, 5.74) is 8.04. The Morgan fingerprint density at radius 1 is 1.03 bits per heavy atom. The van der Waals surface area contributed by atoms with Gasteiger partial charge in [-0.15, -0.1) is 0 Å². The number of nitrogen functional groups attached to an aromatic ring is 1. The number of likely N-dealkylation sites (tertiary alicyclic amines) is 1. The zero-order chi connectivity index (χ0) is 20.9. The van der Waals surface area contributed by atoms with Gasteiger partial charge in [-0.25, -0.2) is 0 Å². The molecule has 2 aromatic rings. The van der Waals surface area contributed by atoms with Crippen LogP contribution < -0.4 is 20.9 Å². The van der Waals surface area contributed by atoms with Gasteiger partial charge in [-0.3, -0.25) is 4.79 Å². The van der Waals surface area contributed by atoms with Crippen LogP contribution in [0.2, 0.25) is 0 Å². The Bertz CT molecular complexity index is 858. The molecule has 30 heavy (non-hydrogen) atoms. The van der Waals surface area contributed by atoms with Crippen LogP contribution in [-0.2, 0) is 11.3 Å². The Morgan fingerprint density at radius 3 is 2.40 bits per heavy atom. The number of nitrogens with one attached hydrogen (secondary N) is 3. The molecule has 0 spiro atoms. The number of nitrogens with zero attached hydrogens (tertiary/aromatic N) is 4. The van der Waals surface area contributed by atoms with Crippen molar-refractivity contribution < 1.29 is 14.6 Å². The van der Waals surface area contributed by atoms with Crippen LogP contribution in [0.25, 0.3) is 0 Å². The smallest absolute Gasteiger partial charge is 0.277 e. The third-order valence-corrected chi connectivity index (χ3v) is 5.94. The number of carbonyl (C=O) groups is 1. The highest BCUT2D eigenvalue weighted by atomic mass is 16.2. The quantitative estimate of drug-likeness (QED) is 0.456. The number of piperazine rings is 1. The summed E-state index contributed by atoms with van der Waals surface area (Å²) >= 11 is 0. The van der Waals surface area contributed by atoms with E-state index < -0.39 is 0 Å². The van der Waals surface area contributed by atoms with E-state index >= 15 is 0 Å². The van der Waals surface area contributed by atoms with E-state index in [2.05, 4.69) is 27.2 Å². The normalized spacial score (nSPS) is 21.6. The average molecular weight is 413 g/mol. The molecule has 5 N–H and O–H groups in total. The highest BCUT2D eigenvalue weighted by Gasteiger charge is 2.28. The minimum Gasteiger partial charge on any atom is -0.368 e. The van der Waals surface area contributed by atoms with Crippen LogP contribution in [0.3, 0.4) is 0 Å². The van der Waals surface area contributed by atoms with E-state index in [4.69, 9.17) is 5.73 Å². The zero-order valence-electron chi connectivity index (χ0n) is 17.7. The van der Waals surface area contributed by atoms with Crippen molar-refractivity contribution in [2.24, 2.45) is 0 Å². The molecule has 2 aliphatic heterocycles. The number of aryl methyl sites for hydroxylation is 1. The number of carbonyl (C=O) groups excluding carboxylic acids is 1. The van der Waals surface area contributed by atoms with Crippen molar-refractivity contribution in [2.75, 3.05) is 56.9 Å². The first kappa shape index (κ1) is 20.5. The molecule has 0 unspecified atom stereocenters. The number of quaternary nitrogens is 2. The highest BCUT2D eigenvalue weighted by Crippen LogP contribution is 2.14. The van der Waals surface area contributed by atoms with E-state index in [0.717, 1.165) is 57.8 Å². The maximum atomic E-state index is 12.4. The van der Waals surface area contributed by atoms with E-state index in [1.807, 2.05) is 29.2 Å². The monoisotopic (exact) mass is 412 g/mol. The maximum Gasteiger partial charge on any atom is 0.277 e. The lowest BCUT2D eigenvalue weighted by atomic mass is 10.2. The summed E-state index contributed by atoms with van der Waals surface area (Å²) < 4.78 is 0. The van der Waals surface area contributed by atoms with Crippen molar-refractivity contribution in [1.82, 2.24) is 19.9 Å². The third-order valence-electron chi connectivity index (χ3n) is 5.94. The van der Waals surface area contributed by atoms with Gasteiger partial charge >= 0.3 is 0 Å². The Hall–Kier alpha value is -2.78. The van der Waals surface area contributed by atoms with Gasteiger partial charge in [-0.05, 0) is 31.9 Å². The predicted molar refractivity (Wildman–Crippen MR) is 114 cm³/mol. The lowest BCUT2D eigenvalue weighted by Gasteiger charge is -2.29. The summed E-state index contributed by atoms with van der Waals surface area (Å²) in [5, 5.41) is 3.21. The number of hydrogen-bond acceptors (Lipinski definition) is 6. The van der Waals surface area contributed by atoms with Crippen LogP contribution in [0, 0.1) is 6.92 Å². The minimum atomic E-state index is 0.231. The zero-order valence-corrected chi connectivity index (χ0v) is 17.7. The van der Waals surface area contributed by atoms with E-state index in [9.17, 15) is 4.79 Å². The summed E-state index contributed by atoms with van der Waals surface area (Å²) in [6, 6.07) is 8.06. The molecule has 0 atom stereocenters. The number of amides is 1.